The first-order valence-electron chi connectivity index (χ1n) is 6.45. The highest BCUT2D eigenvalue weighted by molar-refractivity contribution is 5.32. The maximum Gasteiger partial charge on any atom is 0.0991 e. The van der Waals surface area contributed by atoms with Crippen LogP contribution in [0, 0.1) is 11.3 Å². The third-order valence-corrected chi connectivity index (χ3v) is 3.45. The molecular weight excluding hydrogens is 226 g/mol. The Bertz CT molecular complexity index is 425. The lowest BCUT2D eigenvalue weighted by Gasteiger charge is -2.28. The summed E-state index contributed by atoms with van der Waals surface area (Å²) in [7, 11) is 1.77. The smallest absolute Gasteiger partial charge is 0.0991 e. The van der Waals surface area contributed by atoms with E-state index >= 15 is 0 Å². The highest BCUT2D eigenvalue weighted by Crippen LogP contribution is 2.24. The van der Waals surface area contributed by atoms with Crippen molar-refractivity contribution >= 4 is 0 Å². The minimum Gasteiger partial charge on any atom is -0.381 e. The minimum atomic E-state index is 0.287. The van der Waals surface area contributed by atoms with Crippen molar-refractivity contribution in [2.24, 2.45) is 0 Å². The van der Waals surface area contributed by atoms with Crippen LogP contribution in [0.3, 0.4) is 0 Å². The molecule has 0 spiro atoms. The van der Waals surface area contributed by atoms with Crippen LogP contribution >= 0.6 is 0 Å². The maximum absolute atomic E-state index is 8.84. The fraction of sp³-hybridized carbons (Fsp3) is 0.533. The van der Waals surface area contributed by atoms with E-state index in [0.717, 1.165) is 24.8 Å². The van der Waals surface area contributed by atoms with E-state index in [0.29, 0.717) is 18.3 Å². The van der Waals surface area contributed by atoms with Crippen molar-refractivity contribution in [1.82, 2.24) is 0 Å². The molecule has 0 heterocycles. The van der Waals surface area contributed by atoms with E-state index in [1.165, 1.54) is 6.42 Å². The van der Waals surface area contributed by atoms with Crippen LogP contribution in [0.15, 0.2) is 24.3 Å². The fourth-order valence-electron chi connectivity index (χ4n) is 2.41. The fourth-order valence-corrected chi connectivity index (χ4v) is 2.41. The molecule has 1 aliphatic rings. The number of rotatable bonds is 4. The van der Waals surface area contributed by atoms with Crippen LogP contribution in [0.1, 0.15) is 36.8 Å². The predicted octanol–water partition coefficient (Wildman–Crippen LogP) is 3.03. The van der Waals surface area contributed by atoms with E-state index in [9.17, 15) is 0 Å². The molecule has 96 valence electrons. The molecule has 1 aliphatic carbocycles. The second-order valence-corrected chi connectivity index (χ2v) is 4.77. The average Bonchev–Trinajstić information content (AvgIpc) is 2.45. The molecule has 1 fully saturated rings. The van der Waals surface area contributed by atoms with E-state index in [1.807, 2.05) is 24.3 Å². The lowest BCUT2D eigenvalue weighted by molar-refractivity contribution is -0.0363. The summed E-state index contributed by atoms with van der Waals surface area (Å²) in [6.45, 7) is 0.580. The molecular formula is C15H19NO2. The van der Waals surface area contributed by atoms with Crippen LogP contribution in [0.4, 0.5) is 0 Å². The summed E-state index contributed by atoms with van der Waals surface area (Å²) < 4.78 is 11.3. The number of hydrogen-bond acceptors (Lipinski definition) is 3. The minimum absolute atomic E-state index is 0.287. The van der Waals surface area contributed by atoms with E-state index in [4.69, 9.17) is 14.7 Å². The lowest BCUT2D eigenvalue weighted by atomic mass is 9.95. The molecule has 1 aromatic rings. The Morgan fingerprint density at radius 3 is 2.94 bits per heavy atom. The molecule has 3 nitrogen and oxygen atoms in total. The molecule has 0 bridgehead atoms. The highest BCUT2D eigenvalue weighted by Gasteiger charge is 2.22. The molecule has 1 saturated carbocycles. The number of hydrogen-bond donors (Lipinski definition) is 0. The average molecular weight is 245 g/mol. The van der Waals surface area contributed by atoms with Gasteiger partial charge < -0.3 is 9.47 Å². The molecule has 0 N–H and O–H groups in total. The first-order chi connectivity index (χ1) is 8.81. The topological polar surface area (TPSA) is 42.2 Å². The van der Waals surface area contributed by atoms with Gasteiger partial charge in [-0.3, -0.25) is 0 Å². The predicted molar refractivity (Wildman–Crippen MR) is 69.0 cm³/mol. The Balaban J connectivity index is 1.85. The van der Waals surface area contributed by atoms with Crippen LogP contribution in [-0.2, 0) is 16.1 Å². The van der Waals surface area contributed by atoms with Crippen molar-refractivity contribution in [1.29, 1.82) is 5.26 Å². The van der Waals surface area contributed by atoms with Gasteiger partial charge in [-0.05, 0) is 43.4 Å². The summed E-state index contributed by atoms with van der Waals surface area (Å²) in [6.07, 6.45) is 5.03. The molecule has 0 saturated heterocycles. The summed E-state index contributed by atoms with van der Waals surface area (Å²) in [5.74, 6) is 0. The molecule has 2 atom stereocenters. The molecule has 0 aromatic heterocycles. The van der Waals surface area contributed by atoms with Gasteiger partial charge in [0, 0.05) is 7.11 Å². The van der Waals surface area contributed by atoms with Crippen molar-refractivity contribution in [3.8, 4) is 6.07 Å². The number of nitrogens with zero attached hydrogens (tertiary/aromatic N) is 1. The van der Waals surface area contributed by atoms with Gasteiger partial charge >= 0.3 is 0 Å². The molecule has 0 amide bonds. The largest absolute Gasteiger partial charge is 0.381 e. The zero-order chi connectivity index (χ0) is 12.8. The van der Waals surface area contributed by atoms with Crippen molar-refractivity contribution in [3.05, 3.63) is 35.4 Å². The third kappa shape index (κ3) is 3.56. The standard InChI is InChI=1S/C15H19NO2/c1-17-14-6-3-7-15(9-14)18-11-13-5-2-4-12(8-13)10-16/h2,4-5,8,14-15H,3,6-7,9,11H2,1H3. The van der Waals surface area contributed by atoms with Crippen molar-refractivity contribution in [2.45, 2.75) is 44.5 Å². The molecule has 0 radical (unpaired) electrons. The van der Waals surface area contributed by atoms with Gasteiger partial charge in [0.1, 0.15) is 0 Å². The van der Waals surface area contributed by atoms with Gasteiger partial charge in [0.15, 0.2) is 0 Å². The van der Waals surface area contributed by atoms with Crippen molar-refractivity contribution in [2.75, 3.05) is 7.11 Å². The van der Waals surface area contributed by atoms with Crippen LogP contribution in [0.25, 0.3) is 0 Å². The second-order valence-electron chi connectivity index (χ2n) is 4.77. The Morgan fingerprint density at radius 1 is 1.33 bits per heavy atom. The second kappa shape index (κ2) is 6.53. The molecule has 2 rings (SSSR count). The quantitative estimate of drug-likeness (QED) is 0.818. The van der Waals surface area contributed by atoms with E-state index in [-0.39, 0.29) is 6.10 Å². The van der Waals surface area contributed by atoms with E-state index in [1.54, 1.807) is 7.11 Å². The zero-order valence-corrected chi connectivity index (χ0v) is 10.8. The van der Waals surface area contributed by atoms with Gasteiger partial charge in [0.2, 0.25) is 0 Å². The molecule has 2 unspecified atom stereocenters. The number of ether oxygens (including phenoxy) is 2. The normalized spacial score (nSPS) is 23.6. The molecule has 0 aliphatic heterocycles. The summed E-state index contributed by atoms with van der Waals surface area (Å²) in [6, 6.07) is 9.74. The van der Waals surface area contributed by atoms with Crippen LogP contribution in [0.2, 0.25) is 0 Å². The van der Waals surface area contributed by atoms with E-state index < -0.39 is 0 Å². The zero-order valence-electron chi connectivity index (χ0n) is 10.8. The number of benzene rings is 1. The van der Waals surface area contributed by atoms with E-state index in [2.05, 4.69) is 6.07 Å². The summed E-state index contributed by atoms with van der Waals surface area (Å²) in [5.41, 5.74) is 1.75. The third-order valence-electron chi connectivity index (χ3n) is 3.45. The van der Waals surface area contributed by atoms with Crippen LogP contribution in [-0.4, -0.2) is 19.3 Å². The highest BCUT2D eigenvalue weighted by atomic mass is 16.5. The van der Waals surface area contributed by atoms with Gasteiger partial charge in [-0.2, -0.15) is 5.26 Å². The molecule has 1 aromatic carbocycles. The van der Waals surface area contributed by atoms with Gasteiger partial charge in [0.05, 0.1) is 30.4 Å². The monoisotopic (exact) mass is 245 g/mol. The Morgan fingerprint density at radius 2 is 2.17 bits per heavy atom. The van der Waals surface area contributed by atoms with Crippen molar-refractivity contribution in [3.63, 3.8) is 0 Å². The number of nitriles is 1. The maximum atomic E-state index is 8.84. The van der Waals surface area contributed by atoms with Crippen molar-refractivity contribution < 1.29 is 9.47 Å². The molecule has 18 heavy (non-hydrogen) atoms. The SMILES string of the molecule is COC1CCCC(OCc2cccc(C#N)c2)C1. The Labute approximate surface area is 108 Å². The summed E-state index contributed by atoms with van der Waals surface area (Å²) in [5, 5.41) is 8.84. The first kappa shape index (κ1) is 13.1. The van der Waals surface area contributed by atoms with Gasteiger partial charge in [-0.15, -0.1) is 0 Å². The summed E-state index contributed by atoms with van der Waals surface area (Å²) >= 11 is 0. The van der Waals surface area contributed by atoms with Gasteiger partial charge in [-0.1, -0.05) is 12.1 Å². The Kier molecular flexibility index (Phi) is 4.74. The van der Waals surface area contributed by atoms with Gasteiger partial charge in [-0.25, -0.2) is 0 Å². The number of methoxy groups -OCH3 is 1. The lowest BCUT2D eigenvalue weighted by Crippen LogP contribution is -2.27. The van der Waals surface area contributed by atoms with Gasteiger partial charge in [0.25, 0.3) is 0 Å². The van der Waals surface area contributed by atoms with Crippen LogP contribution in [0.5, 0.6) is 0 Å². The Hall–Kier alpha value is -1.37. The first-order valence-corrected chi connectivity index (χ1v) is 6.45. The summed E-state index contributed by atoms with van der Waals surface area (Å²) in [4.78, 5) is 0. The molecule has 3 heteroatoms. The van der Waals surface area contributed by atoms with Crippen LogP contribution < -0.4 is 0 Å².